The smallest absolute Gasteiger partial charge is 0.148 e. The molecule has 72 valence electrons. The van der Waals surface area contributed by atoms with Crippen LogP contribution in [0.3, 0.4) is 0 Å². The molecule has 0 atom stereocenters. The van der Waals surface area contributed by atoms with Crippen molar-refractivity contribution in [2.45, 2.75) is 25.8 Å². The van der Waals surface area contributed by atoms with Gasteiger partial charge in [0.05, 0.1) is 0 Å². The molecule has 1 aliphatic rings. The van der Waals surface area contributed by atoms with Gasteiger partial charge >= 0.3 is 0 Å². The molecule has 13 heavy (non-hydrogen) atoms. The average Bonchev–Trinajstić information content (AvgIpc) is 2.53. The summed E-state index contributed by atoms with van der Waals surface area (Å²) < 4.78 is 0. The third kappa shape index (κ3) is 2.21. The number of hydrogen-bond acceptors (Lipinski definition) is 3. The molecule has 2 heterocycles. The standard InChI is InChI=1S/C9H16N4/c1-7-6-9(13-12-7)11-8-2-4-10-5-3-8/h6,8,10H,2-5H2,1H3,(H2,11,12,13). The summed E-state index contributed by atoms with van der Waals surface area (Å²) in [6.45, 7) is 4.24. The fraction of sp³-hybridized carbons (Fsp3) is 0.667. The largest absolute Gasteiger partial charge is 0.366 e. The van der Waals surface area contributed by atoms with Gasteiger partial charge in [-0.3, -0.25) is 5.10 Å². The highest BCUT2D eigenvalue weighted by molar-refractivity contribution is 5.36. The average molecular weight is 180 g/mol. The summed E-state index contributed by atoms with van der Waals surface area (Å²) in [5, 5.41) is 13.8. The second-order valence-corrected chi connectivity index (χ2v) is 3.60. The summed E-state index contributed by atoms with van der Waals surface area (Å²) in [4.78, 5) is 0. The van der Waals surface area contributed by atoms with Crippen LogP contribution in [0.25, 0.3) is 0 Å². The zero-order valence-corrected chi connectivity index (χ0v) is 7.93. The Hall–Kier alpha value is -1.03. The van der Waals surface area contributed by atoms with E-state index in [9.17, 15) is 0 Å². The van der Waals surface area contributed by atoms with Crippen molar-refractivity contribution in [3.8, 4) is 0 Å². The Morgan fingerprint density at radius 1 is 1.46 bits per heavy atom. The maximum Gasteiger partial charge on any atom is 0.148 e. The molecule has 0 bridgehead atoms. The topological polar surface area (TPSA) is 52.7 Å². The van der Waals surface area contributed by atoms with Crippen LogP contribution >= 0.6 is 0 Å². The van der Waals surface area contributed by atoms with Crippen molar-refractivity contribution in [2.24, 2.45) is 0 Å². The summed E-state index contributed by atoms with van der Waals surface area (Å²) in [6, 6.07) is 2.63. The Balaban J connectivity index is 1.89. The Morgan fingerprint density at radius 3 is 2.85 bits per heavy atom. The molecule has 1 saturated heterocycles. The lowest BCUT2D eigenvalue weighted by Crippen LogP contribution is -2.35. The van der Waals surface area contributed by atoms with Crippen LogP contribution in [0.4, 0.5) is 5.82 Å². The first-order chi connectivity index (χ1) is 6.34. The summed E-state index contributed by atoms with van der Waals surface area (Å²) >= 11 is 0. The lowest BCUT2D eigenvalue weighted by molar-refractivity contribution is 0.478. The predicted octanol–water partition coefficient (Wildman–Crippen LogP) is 0.882. The van der Waals surface area contributed by atoms with Crippen LogP contribution in [-0.2, 0) is 0 Å². The number of hydrogen-bond donors (Lipinski definition) is 3. The molecule has 1 aliphatic heterocycles. The van der Waals surface area contributed by atoms with Gasteiger partial charge in [-0.2, -0.15) is 5.10 Å². The quantitative estimate of drug-likeness (QED) is 0.633. The van der Waals surface area contributed by atoms with Gasteiger partial charge in [0.25, 0.3) is 0 Å². The number of nitrogens with one attached hydrogen (secondary N) is 3. The number of aromatic amines is 1. The van der Waals surface area contributed by atoms with Gasteiger partial charge < -0.3 is 10.6 Å². The third-order valence-electron chi connectivity index (χ3n) is 2.40. The minimum Gasteiger partial charge on any atom is -0.366 e. The van der Waals surface area contributed by atoms with Gasteiger partial charge in [-0.25, -0.2) is 0 Å². The van der Waals surface area contributed by atoms with E-state index >= 15 is 0 Å². The Morgan fingerprint density at radius 2 is 2.23 bits per heavy atom. The fourth-order valence-electron chi connectivity index (χ4n) is 1.67. The number of rotatable bonds is 2. The number of aryl methyl sites for hydroxylation is 1. The second-order valence-electron chi connectivity index (χ2n) is 3.60. The SMILES string of the molecule is Cc1cc(NC2CCNCC2)n[nH]1. The molecule has 0 aromatic carbocycles. The number of piperidine rings is 1. The zero-order chi connectivity index (χ0) is 9.10. The summed E-state index contributed by atoms with van der Waals surface area (Å²) in [7, 11) is 0. The number of H-pyrrole nitrogens is 1. The van der Waals surface area contributed by atoms with E-state index < -0.39 is 0 Å². The first kappa shape index (κ1) is 8.56. The lowest BCUT2D eigenvalue weighted by atomic mass is 10.1. The minimum absolute atomic E-state index is 0.587. The monoisotopic (exact) mass is 180 g/mol. The Kier molecular flexibility index (Phi) is 2.49. The van der Waals surface area contributed by atoms with Crippen LogP contribution in [0.15, 0.2) is 6.07 Å². The maximum absolute atomic E-state index is 4.15. The molecule has 2 rings (SSSR count). The molecule has 4 heteroatoms. The zero-order valence-electron chi connectivity index (χ0n) is 7.93. The van der Waals surface area contributed by atoms with Gasteiger partial charge in [0.1, 0.15) is 5.82 Å². The van der Waals surface area contributed by atoms with Gasteiger partial charge in [-0.15, -0.1) is 0 Å². The number of anilines is 1. The van der Waals surface area contributed by atoms with Gasteiger partial charge in [0, 0.05) is 17.8 Å². The van der Waals surface area contributed by atoms with E-state index in [1.165, 1.54) is 12.8 Å². The van der Waals surface area contributed by atoms with Crippen LogP contribution in [0, 0.1) is 6.92 Å². The highest BCUT2D eigenvalue weighted by Gasteiger charge is 2.12. The van der Waals surface area contributed by atoms with E-state index in [1.54, 1.807) is 0 Å². The van der Waals surface area contributed by atoms with Crippen molar-refractivity contribution in [3.05, 3.63) is 11.8 Å². The van der Waals surface area contributed by atoms with Gasteiger partial charge in [-0.05, 0) is 32.9 Å². The second kappa shape index (κ2) is 3.79. The number of aromatic nitrogens is 2. The molecule has 0 aliphatic carbocycles. The molecule has 3 N–H and O–H groups in total. The fourth-order valence-corrected chi connectivity index (χ4v) is 1.67. The van der Waals surface area contributed by atoms with Crippen LogP contribution in [0.2, 0.25) is 0 Å². The maximum atomic E-state index is 4.15. The summed E-state index contributed by atoms with van der Waals surface area (Å²) in [6.07, 6.45) is 2.37. The van der Waals surface area contributed by atoms with E-state index in [1.807, 2.05) is 13.0 Å². The highest BCUT2D eigenvalue weighted by Crippen LogP contribution is 2.11. The van der Waals surface area contributed by atoms with Crippen molar-refractivity contribution in [3.63, 3.8) is 0 Å². The van der Waals surface area contributed by atoms with Crippen LogP contribution in [0.5, 0.6) is 0 Å². The minimum atomic E-state index is 0.587. The molecular formula is C9H16N4. The van der Waals surface area contributed by atoms with E-state index in [4.69, 9.17) is 0 Å². The molecule has 0 unspecified atom stereocenters. The van der Waals surface area contributed by atoms with E-state index in [2.05, 4.69) is 20.8 Å². The third-order valence-corrected chi connectivity index (χ3v) is 2.40. The molecule has 0 spiro atoms. The molecule has 4 nitrogen and oxygen atoms in total. The van der Waals surface area contributed by atoms with Crippen molar-refractivity contribution >= 4 is 5.82 Å². The Bertz CT molecular complexity index is 262. The molecule has 1 aromatic rings. The normalized spacial score (nSPS) is 18.8. The predicted molar refractivity (Wildman–Crippen MR) is 52.8 cm³/mol. The van der Waals surface area contributed by atoms with Gasteiger partial charge in [-0.1, -0.05) is 0 Å². The molecule has 0 amide bonds. The lowest BCUT2D eigenvalue weighted by Gasteiger charge is -2.23. The molecule has 0 radical (unpaired) electrons. The first-order valence-corrected chi connectivity index (χ1v) is 4.84. The summed E-state index contributed by atoms with van der Waals surface area (Å²) in [5.74, 6) is 0.976. The van der Waals surface area contributed by atoms with Crippen LogP contribution in [-0.4, -0.2) is 29.3 Å². The molecule has 1 fully saturated rings. The Labute approximate surface area is 78.1 Å². The first-order valence-electron chi connectivity index (χ1n) is 4.84. The van der Waals surface area contributed by atoms with E-state index in [-0.39, 0.29) is 0 Å². The van der Waals surface area contributed by atoms with Crippen LogP contribution < -0.4 is 10.6 Å². The highest BCUT2D eigenvalue weighted by atomic mass is 15.2. The molecular weight excluding hydrogens is 164 g/mol. The van der Waals surface area contributed by atoms with Gasteiger partial charge in [0.15, 0.2) is 0 Å². The van der Waals surface area contributed by atoms with Crippen molar-refractivity contribution in [2.75, 3.05) is 18.4 Å². The van der Waals surface area contributed by atoms with Crippen molar-refractivity contribution in [1.29, 1.82) is 0 Å². The van der Waals surface area contributed by atoms with E-state index in [0.717, 1.165) is 24.6 Å². The van der Waals surface area contributed by atoms with Crippen molar-refractivity contribution in [1.82, 2.24) is 15.5 Å². The number of nitrogens with zero attached hydrogens (tertiary/aromatic N) is 1. The van der Waals surface area contributed by atoms with E-state index in [0.29, 0.717) is 6.04 Å². The molecule has 1 aromatic heterocycles. The van der Waals surface area contributed by atoms with Gasteiger partial charge in [0.2, 0.25) is 0 Å². The van der Waals surface area contributed by atoms with Crippen molar-refractivity contribution < 1.29 is 0 Å². The molecule has 0 saturated carbocycles. The summed E-state index contributed by atoms with van der Waals surface area (Å²) in [5.41, 5.74) is 1.11. The van der Waals surface area contributed by atoms with Crippen LogP contribution in [0.1, 0.15) is 18.5 Å².